The summed E-state index contributed by atoms with van der Waals surface area (Å²) in [6.07, 6.45) is -1.85. The molecule has 0 aliphatic carbocycles. The van der Waals surface area contributed by atoms with E-state index >= 15 is 0 Å². The SMILES string of the molecule is CC(C)CN(C[C@@H](O)[C@H](Cc1ccccc1)NC(=O)O[C@H]1CO[C@H]2OCC[C@H]21)S(=O)(=O)c1ccc2nc(N3CCN(C)C3=O)sc2c1. The fourth-order valence-corrected chi connectivity index (χ4v) is 8.93. The first-order chi connectivity index (χ1) is 22.5. The normalized spacial score (nSPS) is 22.8. The highest BCUT2D eigenvalue weighted by Crippen LogP contribution is 2.34. The zero-order chi connectivity index (χ0) is 33.3. The van der Waals surface area contributed by atoms with Crippen molar-refractivity contribution in [2.45, 2.75) is 56.1 Å². The Hall–Kier alpha value is -3.34. The van der Waals surface area contributed by atoms with Gasteiger partial charge in [-0.25, -0.2) is 23.0 Å². The Bertz CT molecular complexity index is 1690. The molecule has 2 aromatic carbocycles. The predicted octanol–water partition coefficient (Wildman–Crippen LogP) is 3.27. The molecule has 1 aromatic heterocycles. The van der Waals surface area contributed by atoms with Gasteiger partial charge in [-0.05, 0) is 42.5 Å². The van der Waals surface area contributed by atoms with Crippen LogP contribution in [0.25, 0.3) is 10.2 Å². The Kier molecular flexibility index (Phi) is 10.0. The third-order valence-corrected chi connectivity index (χ3v) is 11.6. The van der Waals surface area contributed by atoms with Gasteiger partial charge >= 0.3 is 12.1 Å². The summed E-state index contributed by atoms with van der Waals surface area (Å²) < 4.78 is 47.0. The second-order valence-corrected chi connectivity index (χ2v) is 15.6. The molecule has 4 heterocycles. The molecular formula is C32H41N5O8S2. The minimum absolute atomic E-state index is 0.0472. The van der Waals surface area contributed by atoms with Crippen LogP contribution >= 0.6 is 11.3 Å². The number of hydrogen-bond donors (Lipinski definition) is 2. The van der Waals surface area contributed by atoms with Gasteiger partial charge in [0.15, 0.2) is 11.4 Å². The van der Waals surface area contributed by atoms with Crippen molar-refractivity contribution in [3.05, 3.63) is 54.1 Å². The van der Waals surface area contributed by atoms with Crippen LogP contribution in [0.15, 0.2) is 53.4 Å². The highest BCUT2D eigenvalue weighted by molar-refractivity contribution is 7.89. The smallest absolute Gasteiger partial charge is 0.407 e. The minimum atomic E-state index is -4.09. The highest BCUT2D eigenvalue weighted by Gasteiger charge is 2.44. The quantitative estimate of drug-likeness (QED) is 0.293. The molecule has 3 fully saturated rings. The minimum Gasteiger partial charge on any atom is -0.443 e. The maximum absolute atomic E-state index is 14.1. The fraction of sp³-hybridized carbons (Fsp3) is 0.531. The predicted molar refractivity (Wildman–Crippen MR) is 176 cm³/mol. The summed E-state index contributed by atoms with van der Waals surface area (Å²) in [5.74, 6) is -0.0996. The molecule has 6 rings (SSSR count). The number of thiazole rings is 1. The molecule has 15 heteroatoms. The topological polar surface area (TPSA) is 151 Å². The molecule has 0 spiro atoms. The number of alkyl carbamates (subject to hydrolysis) is 1. The summed E-state index contributed by atoms with van der Waals surface area (Å²) in [5.41, 5.74) is 1.45. The van der Waals surface area contributed by atoms with Crippen LogP contribution in [0.4, 0.5) is 14.7 Å². The van der Waals surface area contributed by atoms with E-state index in [0.29, 0.717) is 35.0 Å². The Morgan fingerprint density at radius 3 is 2.68 bits per heavy atom. The van der Waals surface area contributed by atoms with Crippen molar-refractivity contribution in [2.75, 3.05) is 51.3 Å². The van der Waals surface area contributed by atoms with Crippen LogP contribution in [-0.4, -0.2) is 111 Å². The number of benzene rings is 2. The molecule has 254 valence electrons. The molecule has 0 radical (unpaired) electrons. The third-order valence-electron chi connectivity index (χ3n) is 8.70. The number of ether oxygens (including phenoxy) is 3. The zero-order valence-corrected chi connectivity index (χ0v) is 28.3. The number of anilines is 1. The zero-order valence-electron chi connectivity index (χ0n) is 26.7. The standard InChI is InChI=1S/C32H41N5O8S2/c1-20(2)17-36(47(41,42)22-9-10-24-28(16-22)46-30(33-24)37-13-12-35(3)32(37)40)18-26(38)25(15-21-7-5-4-6-8-21)34-31(39)45-27-19-44-29-23(27)11-14-43-29/h4-10,16,20,23,25-27,29,38H,11-15,17-19H2,1-3H3,(H,34,39)/t23-,25-,26+,27-,29+/m0/s1. The van der Waals surface area contributed by atoms with E-state index in [-0.39, 0.29) is 55.2 Å². The van der Waals surface area contributed by atoms with Gasteiger partial charge in [0.1, 0.15) is 6.10 Å². The van der Waals surface area contributed by atoms with Gasteiger partial charge in [-0.1, -0.05) is 55.5 Å². The number of rotatable bonds is 12. The first kappa shape index (κ1) is 33.6. The lowest BCUT2D eigenvalue weighted by Gasteiger charge is -2.31. The van der Waals surface area contributed by atoms with E-state index in [1.54, 1.807) is 29.0 Å². The summed E-state index contributed by atoms with van der Waals surface area (Å²) in [4.78, 5) is 33.5. The van der Waals surface area contributed by atoms with Crippen LogP contribution in [0.1, 0.15) is 25.8 Å². The number of nitrogens with zero attached hydrogens (tertiary/aromatic N) is 4. The molecule has 3 amide bonds. The first-order valence-corrected chi connectivity index (χ1v) is 18.1. The van der Waals surface area contributed by atoms with Crippen molar-refractivity contribution in [1.29, 1.82) is 0 Å². The van der Waals surface area contributed by atoms with Crippen molar-refractivity contribution < 1.29 is 37.3 Å². The number of carbonyl (C=O) groups is 2. The van der Waals surface area contributed by atoms with E-state index in [1.807, 2.05) is 44.2 Å². The van der Waals surface area contributed by atoms with Crippen LogP contribution in [0, 0.1) is 11.8 Å². The number of amides is 3. The fourth-order valence-electron chi connectivity index (χ4n) is 6.18. The van der Waals surface area contributed by atoms with Crippen LogP contribution in [0.5, 0.6) is 0 Å². The second kappa shape index (κ2) is 14.0. The summed E-state index contributed by atoms with van der Waals surface area (Å²) in [5, 5.41) is 14.9. The number of fused-ring (bicyclic) bond motifs is 2. The molecule has 2 N–H and O–H groups in total. The van der Waals surface area contributed by atoms with E-state index in [2.05, 4.69) is 10.3 Å². The number of aromatic nitrogens is 1. The number of hydrogen-bond acceptors (Lipinski definition) is 10. The number of aliphatic hydroxyl groups excluding tert-OH is 1. The molecule has 0 bridgehead atoms. The Balaban J connectivity index is 1.21. The Morgan fingerprint density at radius 1 is 1.17 bits per heavy atom. The van der Waals surface area contributed by atoms with E-state index in [1.165, 1.54) is 21.7 Å². The number of sulfonamides is 1. The van der Waals surface area contributed by atoms with Gasteiger partial charge in [0.2, 0.25) is 10.0 Å². The van der Waals surface area contributed by atoms with Crippen LogP contribution in [-0.2, 0) is 30.7 Å². The van der Waals surface area contributed by atoms with Gasteiger partial charge < -0.3 is 29.5 Å². The maximum Gasteiger partial charge on any atom is 0.407 e. The van der Waals surface area contributed by atoms with Gasteiger partial charge in [-0.3, -0.25) is 4.90 Å². The number of carbonyl (C=O) groups excluding carboxylic acids is 2. The molecule has 5 atom stereocenters. The number of urea groups is 1. The number of likely N-dealkylation sites (N-methyl/N-ethyl adjacent to an activating group) is 1. The van der Waals surface area contributed by atoms with Gasteiger partial charge in [0.05, 0.1) is 46.4 Å². The van der Waals surface area contributed by atoms with Crippen LogP contribution in [0.2, 0.25) is 0 Å². The molecular weight excluding hydrogens is 647 g/mol. The molecule has 13 nitrogen and oxygen atoms in total. The van der Waals surface area contributed by atoms with Gasteiger partial charge in [-0.2, -0.15) is 4.31 Å². The third kappa shape index (κ3) is 7.39. The van der Waals surface area contributed by atoms with Crippen molar-refractivity contribution >= 4 is 48.8 Å². The summed E-state index contributed by atoms with van der Waals surface area (Å²) in [6.45, 7) is 5.55. The van der Waals surface area contributed by atoms with Crippen molar-refractivity contribution in [3.63, 3.8) is 0 Å². The molecule has 3 aromatic rings. The largest absolute Gasteiger partial charge is 0.443 e. The van der Waals surface area contributed by atoms with E-state index in [9.17, 15) is 23.1 Å². The van der Waals surface area contributed by atoms with Crippen LogP contribution < -0.4 is 10.2 Å². The molecule has 3 aliphatic rings. The average Bonchev–Trinajstić information content (AvgIpc) is 3.82. The molecule has 3 saturated heterocycles. The lowest BCUT2D eigenvalue weighted by molar-refractivity contribution is -0.0907. The number of nitrogens with one attached hydrogen (secondary N) is 1. The first-order valence-electron chi connectivity index (χ1n) is 15.9. The van der Waals surface area contributed by atoms with Crippen molar-refractivity contribution in [2.24, 2.45) is 11.8 Å². The van der Waals surface area contributed by atoms with E-state index in [0.717, 1.165) is 12.0 Å². The second-order valence-electron chi connectivity index (χ2n) is 12.7. The van der Waals surface area contributed by atoms with E-state index < -0.39 is 34.4 Å². The molecule has 47 heavy (non-hydrogen) atoms. The molecule has 3 aliphatic heterocycles. The van der Waals surface area contributed by atoms with Crippen LogP contribution in [0.3, 0.4) is 0 Å². The van der Waals surface area contributed by atoms with Gasteiger partial charge in [0, 0.05) is 33.2 Å². The average molecular weight is 688 g/mol. The van der Waals surface area contributed by atoms with Gasteiger partial charge in [0.25, 0.3) is 0 Å². The summed E-state index contributed by atoms with van der Waals surface area (Å²) >= 11 is 1.26. The van der Waals surface area contributed by atoms with Gasteiger partial charge in [-0.15, -0.1) is 0 Å². The molecule has 0 unspecified atom stereocenters. The summed E-state index contributed by atoms with van der Waals surface area (Å²) in [7, 11) is -2.36. The Labute approximate surface area is 278 Å². The van der Waals surface area contributed by atoms with E-state index in [4.69, 9.17) is 14.2 Å². The maximum atomic E-state index is 14.1. The lowest BCUT2D eigenvalue weighted by atomic mass is 10.0. The van der Waals surface area contributed by atoms with Crippen molar-refractivity contribution in [1.82, 2.24) is 19.5 Å². The summed E-state index contributed by atoms with van der Waals surface area (Å²) in [6, 6.07) is 13.1. The highest BCUT2D eigenvalue weighted by atomic mass is 32.2. The number of aliphatic hydroxyl groups is 1. The lowest BCUT2D eigenvalue weighted by Crippen LogP contribution is -2.51. The van der Waals surface area contributed by atoms with Crippen molar-refractivity contribution in [3.8, 4) is 0 Å². The molecule has 0 saturated carbocycles. The monoisotopic (exact) mass is 687 g/mol. The Morgan fingerprint density at radius 2 is 1.96 bits per heavy atom.